The Bertz CT molecular complexity index is 696. The van der Waals surface area contributed by atoms with Crippen molar-refractivity contribution < 1.29 is 28.7 Å². The highest BCUT2D eigenvalue weighted by molar-refractivity contribution is 5.95. The molecule has 2 rings (SSSR count). The van der Waals surface area contributed by atoms with Crippen LogP contribution in [0.15, 0.2) is 24.3 Å². The van der Waals surface area contributed by atoms with Gasteiger partial charge in [0.05, 0.1) is 24.7 Å². The Kier molecular flexibility index (Phi) is 6.96. The van der Waals surface area contributed by atoms with Gasteiger partial charge in [0.2, 0.25) is 0 Å². The summed E-state index contributed by atoms with van der Waals surface area (Å²) in [6, 6.07) is 0. The van der Waals surface area contributed by atoms with Gasteiger partial charge in [-0.25, -0.2) is 0 Å². The van der Waals surface area contributed by atoms with Crippen LogP contribution in [-0.4, -0.2) is 23.9 Å². The number of carbonyl (C=O) groups excluding carboxylic acids is 4. The van der Waals surface area contributed by atoms with Gasteiger partial charge in [0, 0.05) is 5.41 Å². The number of esters is 4. The minimum Gasteiger partial charge on any atom is -0.393 e. The fourth-order valence-electron chi connectivity index (χ4n) is 3.76. The third-order valence-electron chi connectivity index (χ3n) is 6.05. The second-order valence-electron chi connectivity index (χ2n) is 8.42. The molecule has 28 heavy (non-hydrogen) atoms. The quantitative estimate of drug-likeness (QED) is 0.337. The standard InChI is InChI=1S/C22H30O6/c1-5-22(6-2,11-7-9-15-13-17(23)27-19(15)25)12-8-10-21(3,4)16-14-18(24)28-20(16)26/h7-8,11-12,15-16H,5-6,9-10,13-14H2,1-4H3/b11-7+,12-8+. The maximum absolute atomic E-state index is 11.9. The zero-order chi connectivity index (χ0) is 20.9. The molecule has 0 aliphatic carbocycles. The van der Waals surface area contributed by atoms with Crippen molar-refractivity contribution in [3.63, 3.8) is 0 Å². The smallest absolute Gasteiger partial charge is 0.317 e. The molecule has 0 amide bonds. The van der Waals surface area contributed by atoms with Crippen molar-refractivity contribution in [1.82, 2.24) is 0 Å². The molecule has 0 N–H and O–H groups in total. The minimum atomic E-state index is -0.452. The lowest BCUT2D eigenvalue weighted by Crippen LogP contribution is -2.27. The molecule has 0 aromatic carbocycles. The molecule has 2 aliphatic heterocycles. The largest absolute Gasteiger partial charge is 0.393 e. The van der Waals surface area contributed by atoms with E-state index in [-0.39, 0.29) is 29.6 Å². The predicted octanol–water partition coefficient (Wildman–Crippen LogP) is 3.89. The zero-order valence-electron chi connectivity index (χ0n) is 17.2. The highest BCUT2D eigenvalue weighted by Crippen LogP contribution is 2.39. The van der Waals surface area contributed by atoms with Crippen molar-refractivity contribution in [3.8, 4) is 0 Å². The summed E-state index contributed by atoms with van der Waals surface area (Å²) < 4.78 is 9.28. The van der Waals surface area contributed by atoms with Gasteiger partial charge in [-0.1, -0.05) is 52.0 Å². The third kappa shape index (κ3) is 5.18. The van der Waals surface area contributed by atoms with E-state index in [0.717, 1.165) is 12.8 Å². The molecule has 0 spiro atoms. The summed E-state index contributed by atoms with van der Waals surface area (Å²) in [6.45, 7) is 8.15. The van der Waals surface area contributed by atoms with E-state index in [4.69, 9.17) is 4.74 Å². The number of carbonyl (C=O) groups is 4. The van der Waals surface area contributed by atoms with Gasteiger partial charge in [0.25, 0.3) is 0 Å². The maximum Gasteiger partial charge on any atom is 0.317 e. The molecular weight excluding hydrogens is 360 g/mol. The van der Waals surface area contributed by atoms with Crippen LogP contribution < -0.4 is 0 Å². The number of ether oxygens (including phenoxy) is 2. The van der Waals surface area contributed by atoms with Gasteiger partial charge in [-0.3, -0.25) is 19.2 Å². The normalized spacial score (nSPS) is 23.9. The summed E-state index contributed by atoms with van der Waals surface area (Å²) in [6.07, 6.45) is 11.5. The van der Waals surface area contributed by atoms with Gasteiger partial charge in [-0.2, -0.15) is 0 Å². The summed E-state index contributed by atoms with van der Waals surface area (Å²) in [4.78, 5) is 46.0. The van der Waals surface area contributed by atoms with Crippen LogP contribution in [0.2, 0.25) is 0 Å². The number of cyclic esters (lactones) is 4. The van der Waals surface area contributed by atoms with Gasteiger partial charge in [0.1, 0.15) is 0 Å². The molecule has 154 valence electrons. The molecule has 2 atom stereocenters. The van der Waals surface area contributed by atoms with Gasteiger partial charge in [0.15, 0.2) is 0 Å². The average Bonchev–Trinajstić information content (AvgIpc) is 3.14. The van der Waals surface area contributed by atoms with Crippen LogP contribution in [0.5, 0.6) is 0 Å². The molecule has 6 nitrogen and oxygen atoms in total. The summed E-state index contributed by atoms with van der Waals surface area (Å²) >= 11 is 0. The molecule has 0 radical (unpaired) electrons. The fourth-order valence-corrected chi connectivity index (χ4v) is 3.76. The van der Waals surface area contributed by atoms with Crippen LogP contribution in [0.4, 0.5) is 0 Å². The first kappa shape index (κ1) is 22.1. The topological polar surface area (TPSA) is 86.7 Å². The van der Waals surface area contributed by atoms with Crippen molar-refractivity contribution in [1.29, 1.82) is 0 Å². The Morgan fingerprint density at radius 2 is 1.46 bits per heavy atom. The van der Waals surface area contributed by atoms with Crippen molar-refractivity contribution >= 4 is 23.9 Å². The Balaban J connectivity index is 2.01. The second-order valence-corrected chi connectivity index (χ2v) is 8.42. The highest BCUT2D eigenvalue weighted by atomic mass is 16.6. The van der Waals surface area contributed by atoms with Crippen molar-refractivity contribution in [2.45, 2.75) is 66.2 Å². The van der Waals surface area contributed by atoms with Crippen molar-refractivity contribution in [3.05, 3.63) is 24.3 Å². The zero-order valence-corrected chi connectivity index (χ0v) is 17.2. The molecule has 0 bridgehead atoms. The Morgan fingerprint density at radius 3 is 1.96 bits per heavy atom. The van der Waals surface area contributed by atoms with E-state index in [1.807, 2.05) is 19.9 Å². The molecule has 2 unspecified atom stereocenters. The van der Waals surface area contributed by atoms with E-state index >= 15 is 0 Å². The molecule has 6 heteroatoms. The van der Waals surface area contributed by atoms with Gasteiger partial charge in [-0.15, -0.1) is 0 Å². The lowest BCUT2D eigenvalue weighted by atomic mass is 9.74. The van der Waals surface area contributed by atoms with Crippen LogP contribution >= 0.6 is 0 Å². The van der Waals surface area contributed by atoms with Crippen LogP contribution in [0.25, 0.3) is 0 Å². The first-order chi connectivity index (χ1) is 13.1. The fraction of sp³-hybridized carbons (Fsp3) is 0.636. The Labute approximate surface area is 166 Å². The Morgan fingerprint density at radius 1 is 0.893 bits per heavy atom. The van der Waals surface area contributed by atoms with E-state index < -0.39 is 29.8 Å². The minimum absolute atomic E-state index is 0.141. The summed E-state index contributed by atoms with van der Waals surface area (Å²) in [7, 11) is 0. The molecule has 0 saturated carbocycles. The van der Waals surface area contributed by atoms with Crippen molar-refractivity contribution in [2.24, 2.45) is 22.7 Å². The molecule has 0 aromatic heterocycles. The number of rotatable bonds is 9. The summed E-state index contributed by atoms with van der Waals surface area (Å²) in [5, 5.41) is 0. The predicted molar refractivity (Wildman–Crippen MR) is 103 cm³/mol. The monoisotopic (exact) mass is 390 g/mol. The molecule has 2 aliphatic rings. The molecule has 2 fully saturated rings. The van der Waals surface area contributed by atoms with E-state index in [1.165, 1.54) is 0 Å². The molecule has 2 saturated heterocycles. The van der Waals surface area contributed by atoms with E-state index in [2.05, 4.69) is 36.8 Å². The van der Waals surface area contributed by atoms with Crippen LogP contribution in [-0.2, 0) is 28.7 Å². The molecule has 2 heterocycles. The average molecular weight is 390 g/mol. The van der Waals surface area contributed by atoms with Crippen LogP contribution in [0.3, 0.4) is 0 Å². The SMILES string of the molecule is CCC(/C=C/CC1CC(=O)OC1=O)(/C=C/CC(C)(C)C1CC(=O)OC1=O)CC. The number of allylic oxidation sites excluding steroid dienone is 4. The lowest BCUT2D eigenvalue weighted by Gasteiger charge is -2.28. The summed E-state index contributed by atoms with van der Waals surface area (Å²) in [5.74, 6) is -2.57. The van der Waals surface area contributed by atoms with Gasteiger partial charge < -0.3 is 9.47 Å². The third-order valence-corrected chi connectivity index (χ3v) is 6.05. The number of hydrogen-bond acceptors (Lipinski definition) is 6. The van der Waals surface area contributed by atoms with Crippen molar-refractivity contribution in [2.75, 3.05) is 0 Å². The van der Waals surface area contributed by atoms with Crippen LogP contribution in [0.1, 0.15) is 66.2 Å². The highest BCUT2D eigenvalue weighted by Gasteiger charge is 2.43. The molecular formula is C22H30O6. The Hall–Kier alpha value is -2.24. The van der Waals surface area contributed by atoms with E-state index in [1.54, 1.807) is 0 Å². The van der Waals surface area contributed by atoms with Gasteiger partial charge in [-0.05, 0) is 31.1 Å². The molecule has 0 aromatic rings. The lowest BCUT2D eigenvalue weighted by molar-refractivity contribution is -0.155. The van der Waals surface area contributed by atoms with Crippen LogP contribution in [0, 0.1) is 22.7 Å². The number of hydrogen-bond donors (Lipinski definition) is 0. The van der Waals surface area contributed by atoms with E-state index in [0.29, 0.717) is 12.8 Å². The first-order valence-electron chi connectivity index (χ1n) is 9.97. The second kappa shape index (κ2) is 8.84. The maximum atomic E-state index is 11.9. The van der Waals surface area contributed by atoms with E-state index in [9.17, 15) is 19.2 Å². The summed E-state index contributed by atoms with van der Waals surface area (Å²) in [5.41, 5.74) is -0.529. The first-order valence-corrected chi connectivity index (χ1v) is 9.97. The van der Waals surface area contributed by atoms with Gasteiger partial charge >= 0.3 is 23.9 Å².